The maximum atomic E-state index is 13.1. The Balaban J connectivity index is 1.39. The predicted octanol–water partition coefficient (Wildman–Crippen LogP) is 3.67. The molecule has 1 fully saturated rings. The Morgan fingerprint density at radius 3 is 2.79 bits per heavy atom. The van der Waals surface area contributed by atoms with Gasteiger partial charge in [-0.05, 0) is 63.3 Å². The van der Waals surface area contributed by atoms with Gasteiger partial charge in [-0.2, -0.15) is 0 Å². The molecule has 1 aliphatic rings. The third-order valence-electron chi connectivity index (χ3n) is 5.66. The molecule has 4 heterocycles. The lowest BCUT2D eigenvalue weighted by molar-refractivity contribution is 0.264. The Kier molecular flexibility index (Phi) is 6.01. The smallest absolute Gasteiger partial charge is 0.258 e. The van der Waals surface area contributed by atoms with Gasteiger partial charge in [-0.1, -0.05) is 0 Å². The summed E-state index contributed by atoms with van der Waals surface area (Å²) in [5.74, 6) is 0.490. The van der Waals surface area contributed by atoms with Crippen molar-refractivity contribution in [2.75, 3.05) is 25.5 Å². The van der Waals surface area contributed by atoms with Crippen molar-refractivity contribution < 1.29 is 9.13 Å². The minimum absolute atomic E-state index is 0.0329. The number of benzene rings is 1. The second kappa shape index (κ2) is 9.24. The summed E-state index contributed by atoms with van der Waals surface area (Å²) in [6.45, 7) is 2.16. The zero-order valence-electron chi connectivity index (χ0n) is 18.0. The van der Waals surface area contributed by atoms with E-state index in [1.165, 1.54) is 35.6 Å². The number of pyridine rings is 1. The van der Waals surface area contributed by atoms with Crippen molar-refractivity contribution in [2.24, 2.45) is 0 Å². The van der Waals surface area contributed by atoms with E-state index in [0.29, 0.717) is 39.9 Å². The van der Waals surface area contributed by atoms with E-state index in [4.69, 9.17) is 9.72 Å². The quantitative estimate of drug-likeness (QED) is 0.448. The Morgan fingerprint density at radius 1 is 1.21 bits per heavy atom. The molecular weight excluding hydrogens is 443 g/mol. The fraction of sp³-hybridized carbons (Fsp3) is 0.304. The van der Waals surface area contributed by atoms with Crippen molar-refractivity contribution >= 4 is 27.4 Å². The summed E-state index contributed by atoms with van der Waals surface area (Å²) in [5, 5.41) is 6.72. The first-order valence-electron chi connectivity index (χ1n) is 10.7. The first kappa shape index (κ1) is 21.5. The summed E-state index contributed by atoms with van der Waals surface area (Å²) >= 11 is 1.52. The fourth-order valence-electron chi connectivity index (χ4n) is 3.83. The summed E-state index contributed by atoms with van der Waals surface area (Å²) in [4.78, 5) is 31.5. The number of ether oxygens (including phenoxy) is 1. The number of halogens is 1. The van der Waals surface area contributed by atoms with E-state index < -0.39 is 0 Å². The first-order valence-corrected chi connectivity index (χ1v) is 11.6. The van der Waals surface area contributed by atoms with E-state index in [1.54, 1.807) is 12.3 Å². The van der Waals surface area contributed by atoms with E-state index in [0.717, 1.165) is 31.1 Å². The van der Waals surface area contributed by atoms with Gasteiger partial charge in [0, 0.05) is 17.6 Å². The third kappa shape index (κ3) is 4.86. The van der Waals surface area contributed by atoms with E-state index in [9.17, 15) is 9.18 Å². The van der Waals surface area contributed by atoms with Crippen LogP contribution >= 0.6 is 11.3 Å². The molecule has 170 valence electrons. The van der Waals surface area contributed by atoms with Gasteiger partial charge in [0.1, 0.15) is 40.9 Å². The molecule has 10 heteroatoms. The second-order valence-corrected chi connectivity index (χ2v) is 8.93. The van der Waals surface area contributed by atoms with E-state index in [1.807, 2.05) is 5.38 Å². The maximum absolute atomic E-state index is 13.1. The highest BCUT2D eigenvalue weighted by molar-refractivity contribution is 7.14. The Morgan fingerprint density at radius 2 is 2.00 bits per heavy atom. The lowest BCUT2D eigenvalue weighted by atomic mass is 10.1. The van der Waals surface area contributed by atoms with Gasteiger partial charge >= 0.3 is 0 Å². The van der Waals surface area contributed by atoms with Crippen molar-refractivity contribution in [1.82, 2.24) is 24.8 Å². The molecule has 0 radical (unpaired) electrons. The fourth-order valence-corrected chi connectivity index (χ4v) is 4.60. The summed E-state index contributed by atoms with van der Waals surface area (Å²) in [6, 6.07) is 7.71. The van der Waals surface area contributed by atoms with Gasteiger partial charge in [0.05, 0.1) is 5.39 Å². The van der Waals surface area contributed by atoms with Crippen molar-refractivity contribution in [2.45, 2.75) is 25.5 Å². The number of aromatic amines is 1. The SMILES string of the molecule is CN1CCC(Nc2nc(-c3nccc4c(=O)[nH]c(COc5ccc(F)cc5)nc34)cs2)CC1. The van der Waals surface area contributed by atoms with Crippen molar-refractivity contribution in [3.63, 3.8) is 0 Å². The lowest BCUT2D eigenvalue weighted by Gasteiger charge is -2.29. The number of thiazole rings is 1. The summed E-state index contributed by atoms with van der Waals surface area (Å²) in [7, 11) is 2.14. The molecule has 1 aromatic carbocycles. The van der Waals surface area contributed by atoms with Gasteiger partial charge < -0.3 is 19.9 Å². The number of anilines is 1. The molecule has 2 N–H and O–H groups in total. The molecule has 1 saturated heterocycles. The zero-order valence-corrected chi connectivity index (χ0v) is 18.9. The van der Waals surface area contributed by atoms with Crippen LogP contribution < -0.4 is 15.6 Å². The molecule has 0 saturated carbocycles. The first-order chi connectivity index (χ1) is 16.0. The highest BCUT2D eigenvalue weighted by Gasteiger charge is 2.19. The summed E-state index contributed by atoms with van der Waals surface area (Å²) < 4.78 is 18.7. The van der Waals surface area contributed by atoms with Crippen molar-refractivity contribution in [1.29, 1.82) is 0 Å². The normalized spacial score (nSPS) is 15.1. The molecule has 4 aromatic rings. The molecule has 0 aliphatic carbocycles. The average molecular weight is 467 g/mol. The molecule has 0 atom stereocenters. The molecule has 1 aliphatic heterocycles. The largest absolute Gasteiger partial charge is 0.486 e. The number of likely N-dealkylation sites (tertiary alicyclic amines) is 1. The van der Waals surface area contributed by atoms with Gasteiger partial charge in [0.2, 0.25) is 0 Å². The van der Waals surface area contributed by atoms with Gasteiger partial charge in [-0.15, -0.1) is 11.3 Å². The number of piperidine rings is 1. The molecule has 0 bridgehead atoms. The number of H-pyrrole nitrogens is 1. The minimum Gasteiger partial charge on any atom is -0.486 e. The Bertz CT molecular complexity index is 1310. The molecular formula is C23H23FN6O2S. The minimum atomic E-state index is -0.344. The molecule has 0 amide bonds. The number of aromatic nitrogens is 4. The maximum Gasteiger partial charge on any atom is 0.258 e. The second-order valence-electron chi connectivity index (χ2n) is 8.07. The predicted molar refractivity (Wildman–Crippen MR) is 126 cm³/mol. The molecule has 0 spiro atoms. The Hall–Kier alpha value is -3.37. The molecule has 33 heavy (non-hydrogen) atoms. The van der Waals surface area contributed by atoms with Crippen LogP contribution in [0, 0.1) is 5.82 Å². The zero-order chi connectivity index (χ0) is 22.8. The van der Waals surface area contributed by atoms with Crippen LogP contribution in [0.4, 0.5) is 9.52 Å². The van der Waals surface area contributed by atoms with Gasteiger partial charge in [0.15, 0.2) is 5.13 Å². The lowest BCUT2D eigenvalue weighted by Crippen LogP contribution is -2.36. The van der Waals surface area contributed by atoms with Gasteiger partial charge in [-0.25, -0.2) is 14.4 Å². The van der Waals surface area contributed by atoms with Crippen molar-refractivity contribution in [3.8, 4) is 17.1 Å². The van der Waals surface area contributed by atoms with E-state index in [2.05, 4.69) is 32.2 Å². The molecule has 8 nitrogen and oxygen atoms in total. The van der Waals surface area contributed by atoms with Gasteiger partial charge in [0.25, 0.3) is 5.56 Å². The van der Waals surface area contributed by atoms with E-state index in [-0.39, 0.29) is 18.0 Å². The highest BCUT2D eigenvalue weighted by atomic mass is 32.1. The van der Waals surface area contributed by atoms with Crippen LogP contribution in [-0.4, -0.2) is 51.0 Å². The van der Waals surface area contributed by atoms with Crippen LogP contribution in [0.15, 0.2) is 46.7 Å². The number of fused-ring (bicyclic) bond motifs is 1. The number of rotatable bonds is 6. The number of hydrogen-bond donors (Lipinski definition) is 2. The number of hydrogen-bond acceptors (Lipinski definition) is 8. The molecule has 3 aromatic heterocycles. The topological polar surface area (TPSA) is 96.0 Å². The van der Waals surface area contributed by atoms with Crippen LogP contribution in [0.3, 0.4) is 0 Å². The summed E-state index contributed by atoms with van der Waals surface area (Å²) in [5.41, 5.74) is 1.41. The van der Waals surface area contributed by atoms with Crippen LogP contribution in [0.25, 0.3) is 22.3 Å². The van der Waals surface area contributed by atoms with Crippen LogP contribution in [-0.2, 0) is 6.61 Å². The monoisotopic (exact) mass is 466 g/mol. The average Bonchev–Trinajstić information content (AvgIpc) is 3.28. The van der Waals surface area contributed by atoms with Crippen LogP contribution in [0.2, 0.25) is 0 Å². The third-order valence-corrected chi connectivity index (χ3v) is 6.43. The molecule has 0 unspecified atom stereocenters. The van der Waals surface area contributed by atoms with Crippen LogP contribution in [0.5, 0.6) is 5.75 Å². The van der Waals surface area contributed by atoms with Crippen molar-refractivity contribution in [3.05, 3.63) is 63.9 Å². The summed E-state index contributed by atoms with van der Waals surface area (Å²) in [6.07, 6.45) is 3.74. The van der Waals surface area contributed by atoms with Crippen LogP contribution in [0.1, 0.15) is 18.7 Å². The standard InChI is InChI=1S/C23H23FN6O2S/c1-30-10-7-15(8-11-30)26-23-27-18(13-33-23)21-20-17(6-9-25-21)22(31)29-19(28-20)12-32-16-4-2-14(24)3-5-16/h2-6,9,13,15H,7-8,10-12H2,1H3,(H,26,27)(H,28,29,31). The van der Waals surface area contributed by atoms with Gasteiger partial charge in [-0.3, -0.25) is 9.78 Å². The molecule has 5 rings (SSSR count). The highest BCUT2D eigenvalue weighted by Crippen LogP contribution is 2.28. The number of nitrogens with zero attached hydrogens (tertiary/aromatic N) is 4. The number of nitrogens with one attached hydrogen (secondary N) is 2. The Labute approximate surface area is 193 Å². The van der Waals surface area contributed by atoms with E-state index >= 15 is 0 Å².